The topological polar surface area (TPSA) is 81.2 Å². The molecule has 9 rings (SSSR count). The third kappa shape index (κ3) is 4.31. The fourth-order valence-electron chi connectivity index (χ4n) is 7.47. The Morgan fingerprint density at radius 1 is 0.400 bits per heavy atom. The third-order valence-electron chi connectivity index (χ3n) is 9.64. The van der Waals surface area contributed by atoms with E-state index in [2.05, 4.69) is 100 Å². The molecule has 50 heavy (non-hydrogen) atoms. The molecule has 7 aromatic carbocycles. The van der Waals surface area contributed by atoms with E-state index in [0.717, 1.165) is 77.2 Å². The Morgan fingerprint density at radius 2 is 1.02 bits per heavy atom. The van der Waals surface area contributed by atoms with Gasteiger partial charge in [-0.25, -0.2) is 0 Å². The molecule has 0 spiro atoms. The summed E-state index contributed by atoms with van der Waals surface area (Å²) < 4.78 is 4.43. The number of fused-ring (bicyclic) bond motifs is 6. The molecule has 0 aliphatic heterocycles. The predicted molar refractivity (Wildman–Crippen MR) is 200 cm³/mol. The molecule has 0 N–H and O–H groups in total. The summed E-state index contributed by atoms with van der Waals surface area (Å²) in [7, 11) is 0. The molecule has 0 aliphatic carbocycles. The van der Waals surface area contributed by atoms with Crippen LogP contribution in [0.1, 0.15) is 16.7 Å². The normalized spacial score (nSPS) is 11.1. The average Bonchev–Trinajstić information content (AvgIpc) is 3.70. The molecule has 2 heterocycles. The maximum atomic E-state index is 10.0. The highest BCUT2D eigenvalue weighted by Gasteiger charge is 2.19. The summed E-state index contributed by atoms with van der Waals surface area (Å²) in [6, 6.07) is 57.9. The number of benzene rings is 7. The highest BCUT2D eigenvalue weighted by molar-refractivity contribution is 6.12. The molecule has 0 bridgehead atoms. The van der Waals surface area contributed by atoms with Gasteiger partial charge in [-0.05, 0) is 83.4 Å². The molecule has 5 nitrogen and oxygen atoms in total. The lowest BCUT2D eigenvalue weighted by Gasteiger charge is -2.18. The van der Waals surface area contributed by atoms with Crippen molar-refractivity contribution in [3.05, 3.63) is 168 Å². The molecule has 230 valence electrons. The number of para-hydroxylation sites is 2. The van der Waals surface area contributed by atoms with Crippen molar-refractivity contribution >= 4 is 43.6 Å². The van der Waals surface area contributed by atoms with Crippen molar-refractivity contribution in [1.29, 1.82) is 15.8 Å². The van der Waals surface area contributed by atoms with Crippen LogP contribution in [0.25, 0.3) is 77.2 Å². The smallest absolute Gasteiger partial charge is 0.0998 e. The lowest BCUT2D eigenvalue weighted by atomic mass is 9.92. The Bertz CT molecular complexity index is 2960. The Morgan fingerprint density at radius 3 is 1.78 bits per heavy atom. The molecule has 0 atom stereocenters. The Balaban J connectivity index is 1.23. The minimum atomic E-state index is 0.566. The second-order valence-electron chi connectivity index (χ2n) is 12.3. The van der Waals surface area contributed by atoms with Crippen molar-refractivity contribution in [2.24, 2.45) is 0 Å². The fourth-order valence-corrected chi connectivity index (χ4v) is 7.47. The van der Waals surface area contributed by atoms with Crippen LogP contribution in [0.3, 0.4) is 0 Å². The Kier molecular flexibility index (Phi) is 6.56. The van der Waals surface area contributed by atoms with Gasteiger partial charge in [0.25, 0.3) is 0 Å². The number of hydrogen-bond donors (Lipinski definition) is 0. The molecule has 5 heteroatoms. The number of nitriles is 3. The number of aromatic nitrogens is 2. The van der Waals surface area contributed by atoms with Gasteiger partial charge in [0.05, 0.1) is 62.7 Å². The molecule has 0 radical (unpaired) electrons. The molecule has 0 saturated heterocycles. The highest BCUT2D eigenvalue weighted by atomic mass is 15.0. The molecule has 0 unspecified atom stereocenters. The summed E-state index contributed by atoms with van der Waals surface area (Å²) in [5.41, 5.74) is 11.9. The predicted octanol–water partition coefficient (Wildman–Crippen LogP) is 10.8. The van der Waals surface area contributed by atoms with Crippen molar-refractivity contribution in [1.82, 2.24) is 9.13 Å². The van der Waals surface area contributed by atoms with Crippen LogP contribution in [0, 0.1) is 34.0 Å². The fraction of sp³-hybridized carbons (Fsp3) is 0. The lowest BCUT2D eigenvalue weighted by molar-refractivity contribution is 1.18. The van der Waals surface area contributed by atoms with E-state index < -0.39 is 0 Å². The standard InChI is InChI=1S/C45H25N5/c46-26-29-17-23-42-39(24-29)36-11-3-5-13-40(36)50(42)44-25-30(27-47)16-22-37(44)35-10-2-1-9-34(35)31-18-20-33(21-19-31)49-41-14-6-4-12-38(41)45-32(28-48)8-7-15-43(45)49/h1-25H. The molecule has 0 amide bonds. The van der Waals surface area contributed by atoms with E-state index in [9.17, 15) is 15.8 Å². The number of rotatable bonds is 4. The van der Waals surface area contributed by atoms with E-state index in [0.29, 0.717) is 16.7 Å². The van der Waals surface area contributed by atoms with Gasteiger partial charge in [-0.2, -0.15) is 15.8 Å². The molecule has 2 aromatic heterocycles. The lowest BCUT2D eigenvalue weighted by Crippen LogP contribution is -1.99. The van der Waals surface area contributed by atoms with Crippen LogP contribution in [-0.2, 0) is 0 Å². The summed E-state index contributed by atoms with van der Waals surface area (Å²) in [6.45, 7) is 0. The summed E-state index contributed by atoms with van der Waals surface area (Å²) in [5, 5.41) is 33.6. The van der Waals surface area contributed by atoms with E-state index in [-0.39, 0.29) is 0 Å². The SMILES string of the molecule is N#Cc1ccc(-c2ccccc2-c2ccc(-n3c4ccccc4c4c(C#N)cccc43)cc2)c(-n2c3ccccc3c3cc(C#N)ccc32)c1. The van der Waals surface area contributed by atoms with Crippen LogP contribution in [0.15, 0.2) is 152 Å². The van der Waals surface area contributed by atoms with Crippen molar-refractivity contribution in [2.45, 2.75) is 0 Å². The van der Waals surface area contributed by atoms with E-state index in [1.807, 2.05) is 78.9 Å². The second kappa shape index (κ2) is 11.4. The first-order chi connectivity index (χ1) is 24.7. The summed E-state index contributed by atoms with van der Waals surface area (Å²) in [6.07, 6.45) is 0. The summed E-state index contributed by atoms with van der Waals surface area (Å²) in [4.78, 5) is 0. The van der Waals surface area contributed by atoms with Crippen LogP contribution >= 0.6 is 0 Å². The van der Waals surface area contributed by atoms with E-state index >= 15 is 0 Å². The second-order valence-corrected chi connectivity index (χ2v) is 12.3. The summed E-state index contributed by atoms with van der Waals surface area (Å²) in [5.74, 6) is 0. The van der Waals surface area contributed by atoms with Gasteiger partial charge in [-0.3, -0.25) is 0 Å². The van der Waals surface area contributed by atoms with Crippen LogP contribution in [0.2, 0.25) is 0 Å². The summed E-state index contributed by atoms with van der Waals surface area (Å²) >= 11 is 0. The van der Waals surface area contributed by atoms with Crippen LogP contribution in [-0.4, -0.2) is 9.13 Å². The van der Waals surface area contributed by atoms with Gasteiger partial charge in [-0.15, -0.1) is 0 Å². The van der Waals surface area contributed by atoms with Gasteiger partial charge < -0.3 is 9.13 Å². The Labute approximate surface area is 287 Å². The maximum Gasteiger partial charge on any atom is 0.0998 e. The van der Waals surface area contributed by atoms with Gasteiger partial charge in [0.1, 0.15) is 0 Å². The third-order valence-corrected chi connectivity index (χ3v) is 9.64. The van der Waals surface area contributed by atoms with Crippen molar-refractivity contribution in [3.63, 3.8) is 0 Å². The average molecular weight is 636 g/mol. The van der Waals surface area contributed by atoms with Gasteiger partial charge in [0.2, 0.25) is 0 Å². The largest absolute Gasteiger partial charge is 0.309 e. The minimum absolute atomic E-state index is 0.566. The molecule has 0 saturated carbocycles. The maximum absolute atomic E-state index is 10.0. The van der Waals surface area contributed by atoms with E-state index in [4.69, 9.17) is 0 Å². The van der Waals surface area contributed by atoms with Crippen molar-refractivity contribution < 1.29 is 0 Å². The molecule has 0 aliphatic rings. The monoisotopic (exact) mass is 635 g/mol. The minimum Gasteiger partial charge on any atom is -0.309 e. The first-order valence-corrected chi connectivity index (χ1v) is 16.3. The molecule has 0 fully saturated rings. The first kappa shape index (κ1) is 28.8. The van der Waals surface area contributed by atoms with E-state index in [1.165, 1.54) is 0 Å². The molecular formula is C45H25N5. The van der Waals surface area contributed by atoms with Crippen LogP contribution < -0.4 is 0 Å². The van der Waals surface area contributed by atoms with Gasteiger partial charge >= 0.3 is 0 Å². The first-order valence-electron chi connectivity index (χ1n) is 16.3. The van der Waals surface area contributed by atoms with Gasteiger partial charge in [-0.1, -0.05) is 84.9 Å². The Hall–Kier alpha value is -7.39. The van der Waals surface area contributed by atoms with Crippen LogP contribution in [0.4, 0.5) is 0 Å². The molecular weight excluding hydrogens is 611 g/mol. The van der Waals surface area contributed by atoms with Gasteiger partial charge in [0, 0.05) is 32.8 Å². The zero-order valence-electron chi connectivity index (χ0n) is 26.7. The van der Waals surface area contributed by atoms with Gasteiger partial charge in [0.15, 0.2) is 0 Å². The quantitative estimate of drug-likeness (QED) is 0.193. The zero-order chi connectivity index (χ0) is 33.8. The zero-order valence-corrected chi connectivity index (χ0v) is 26.7. The number of nitrogens with zero attached hydrogens (tertiary/aromatic N) is 5. The highest BCUT2D eigenvalue weighted by Crippen LogP contribution is 2.41. The number of hydrogen-bond acceptors (Lipinski definition) is 3. The van der Waals surface area contributed by atoms with Crippen molar-refractivity contribution in [2.75, 3.05) is 0 Å². The van der Waals surface area contributed by atoms with Crippen molar-refractivity contribution in [3.8, 4) is 51.8 Å². The van der Waals surface area contributed by atoms with Crippen LogP contribution in [0.5, 0.6) is 0 Å². The molecule has 9 aromatic rings. The van der Waals surface area contributed by atoms with E-state index in [1.54, 1.807) is 0 Å².